The third-order valence-electron chi connectivity index (χ3n) is 4.59. The monoisotopic (exact) mass is 478 g/mol. The molecule has 1 fully saturated rings. The second-order valence-corrected chi connectivity index (χ2v) is 7.68. The second kappa shape index (κ2) is 13.8. The molecule has 0 amide bonds. The molecule has 0 unspecified atom stereocenters. The summed E-state index contributed by atoms with van der Waals surface area (Å²) < 4.78 is 0. The summed E-state index contributed by atoms with van der Waals surface area (Å²) in [5.74, 6) is 1.73. The van der Waals surface area contributed by atoms with Crippen LogP contribution < -0.4 is 10.6 Å². The molecule has 1 aromatic heterocycles. The van der Waals surface area contributed by atoms with Gasteiger partial charge in [-0.25, -0.2) is 0 Å². The molecule has 1 aromatic rings. The zero-order valence-electron chi connectivity index (χ0n) is 15.8. The van der Waals surface area contributed by atoms with Crippen molar-refractivity contribution >= 4 is 41.3 Å². The van der Waals surface area contributed by atoms with Gasteiger partial charge in [-0.05, 0) is 56.6 Å². The molecule has 1 aliphatic heterocycles. The van der Waals surface area contributed by atoms with Gasteiger partial charge in [-0.15, -0.1) is 35.3 Å². The zero-order valence-corrected chi connectivity index (χ0v) is 18.9. The summed E-state index contributed by atoms with van der Waals surface area (Å²) in [7, 11) is 0. The third-order valence-corrected chi connectivity index (χ3v) is 5.45. The Balaban J connectivity index is 0.00000312. The number of hydrogen-bond donors (Lipinski definition) is 2. The predicted molar refractivity (Wildman–Crippen MR) is 121 cm³/mol. The highest BCUT2D eigenvalue weighted by atomic mass is 127. The molecule has 2 heterocycles. The minimum absolute atomic E-state index is 0. The highest BCUT2D eigenvalue weighted by molar-refractivity contribution is 14.0. The first kappa shape index (κ1) is 22.7. The van der Waals surface area contributed by atoms with Gasteiger partial charge < -0.3 is 10.6 Å². The molecule has 0 aromatic carbocycles. The van der Waals surface area contributed by atoms with Crippen LogP contribution in [0.3, 0.4) is 0 Å². The molecular formula is C19H35IN4S. The lowest BCUT2D eigenvalue weighted by molar-refractivity contribution is 0.182. The van der Waals surface area contributed by atoms with Gasteiger partial charge in [-0.1, -0.05) is 25.8 Å². The summed E-state index contributed by atoms with van der Waals surface area (Å²) >= 11 is 1.87. The van der Waals surface area contributed by atoms with Crippen LogP contribution >= 0.6 is 35.3 Å². The summed E-state index contributed by atoms with van der Waals surface area (Å²) in [5, 5.41) is 9.00. The fourth-order valence-electron chi connectivity index (χ4n) is 3.09. The molecule has 1 aliphatic rings. The lowest BCUT2D eigenvalue weighted by Gasteiger charge is -2.31. The highest BCUT2D eigenvalue weighted by Gasteiger charge is 2.19. The second-order valence-electron chi connectivity index (χ2n) is 6.65. The molecule has 144 valence electrons. The number of unbranched alkanes of at least 4 members (excludes halogenated alkanes) is 2. The zero-order chi connectivity index (χ0) is 17.0. The fourth-order valence-corrected chi connectivity index (χ4v) is 3.84. The summed E-state index contributed by atoms with van der Waals surface area (Å²) in [6.45, 7) is 10.8. The minimum Gasteiger partial charge on any atom is -0.357 e. The van der Waals surface area contributed by atoms with Crippen LogP contribution in [0.25, 0.3) is 0 Å². The Kier molecular flexibility index (Phi) is 12.5. The molecule has 2 rings (SSSR count). The van der Waals surface area contributed by atoms with Gasteiger partial charge in [0.1, 0.15) is 0 Å². The van der Waals surface area contributed by atoms with E-state index in [4.69, 9.17) is 4.99 Å². The van der Waals surface area contributed by atoms with Crippen LogP contribution in [0.5, 0.6) is 0 Å². The smallest absolute Gasteiger partial charge is 0.191 e. The van der Waals surface area contributed by atoms with E-state index >= 15 is 0 Å². The Bertz CT molecular complexity index is 456. The molecule has 0 spiro atoms. The van der Waals surface area contributed by atoms with Crippen molar-refractivity contribution in [1.29, 1.82) is 0 Å². The van der Waals surface area contributed by atoms with Crippen LogP contribution in [0.1, 0.15) is 50.8 Å². The van der Waals surface area contributed by atoms with Gasteiger partial charge in [-0.2, -0.15) is 0 Å². The number of nitrogens with zero attached hydrogens (tertiary/aromatic N) is 2. The van der Waals surface area contributed by atoms with Crippen LogP contribution in [0.15, 0.2) is 22.5 Å². The SMILES string of the molecule is CCCCCNC(=NCC1CCN(Cc2cccs2)CC1)NCC.I. The Labute approximate surface area is 174 Å². The topological polar surface area (TPSA) is 39.7 Å². The molecule has 25 heavy (non-hydrogen) atoms. The Morgan fingerprint density at radius 1 is 1.24 bits per heavy atom. The molecule has 0 saturated carbocycles. The van der Waals surface area contributed by atoms with Crippen molar-refractivity contribution in [3.8, 4) is 0 Å². The molecule has 0 atom stereocenters. The van der Waals surface area contributed by atoms with E-state index < -0.39 is 0 Å². The van der Waals surface area contributed by atoms with Crippen molar-refractivity contribution in [3.05, 3.63) is 22.4 Å². The molecule has 0 radical (unpaired) electrons. The van der Waals surface area contributed by atoms with E-state index in [-0.39, 0.29) is 24.0 Å². The van der Waals surface area contributed by atoms with E-state index in [1.165, 1.54) is 50.1 Å². The number of hydrogen-bond acceptors (Lipinski definition) is 3. The van der Waals surface area contributed by atoms with E-state index in [0.29, 0.717) is 0 Å². The minimum atomic E-state index is 0. The average molecular weight is 478 g/mol. The van der Waals surface area contributed by atoms with Crippen molar-refractivity contribution in [1.82, 2.24) is 15.5 Å². The molecule has 1 saturated heterocycles. The number of nitrogens with one attached hydrogen (secondary N) is 2. The first-order chi connectivity index (χ1) is 11.8. The van der Waals surface area contributed by atoms with Crippen LogP contribution in [0.2, 0.25) is 0 Å². The average Bonchev–Trinajstić information content (AvgIpc) is 3.11. The summed E-state index contributed by atoms with van der Waals surface area (Å²) in [5.41, 5.74) is 0. The van der Waals surface area contributed by atoms with E-state index in [1.54, 1.807) is 0 Å². The lowest BCUT2D eigenvalue weighted by atomic mass is 9.97. The number of halogens is 1. The number of guanidine groups is 1. The summed E-state index contributed by atoms with van der Waals surface area (Å²) in [6.07, 6.45) is 6.31. The van der Waals surface area contributed by atoms with E-state index in [0.717, 1.165) is 38.1 Å². The van der Waals surface area contributed by atoms with Crippen LogP contribution in [0, 0.1) is 5.92 Å². The van der Waals surface area contributed by atoms with Crippen LogP contribution in [0.4, 0.5) is 0 Å². The third kappa shape index (κ3) is 9.24. The van der Waals surface area contributed by atoms with Crippen molar-refractivity contribution in [3.63, 3.8) is 0 Å². The fraction of sp³-hybridized carbons (Fsp3) is 0.737. The van der Waals surface area contributed by atoms with Crippen LogP contribution in [-0.4, -0.2) is 43.6 Å². The quantitative estimate of drug-likeness (QED) is 0.240. The lowest BCUT2D eigenvalue weighted by Crippen LogP contribution is -2.39. The van der Waals surface area contributed by atoms with Gasteiger partial charge in [0.2, 0.25) is 0 Å². The van der Waals surface area contributed by atoms with Gasteiger partial charge in [0, 0.05) is 31.1 Å². The first-order valence-corrected chi connectivity index (χ1v) is 10.5. The number of thiophene rings is 1. The van der Waals surface area contributed by atoms with Crippen molar-refractivity contribution in [2.75, 3.05) is 32.7 Å². The Hall–Kier alpha value is -0.340. The van der Waals surface area contributed by atoms with Gasteiger partial charge >= 0.3 is 0 Å². The molecule has 2 N–H and O–H groups in total. The van der Waals surface area contributed by atoms with E-state index in [2.05, 4.69) is 46.9 Å². The van der Waals surface area contributed by atoms with Gasteiger partial charge in [-0.3, -0.25) is 9.89 Å². The maximum atomic E-state index is 4.81. The number of rotatable bonds is 9. The van der Waals surface area contributed by atoms with Gasteiger partial charge in [0.25, 0.3) is 0 Å². The number of piperidine rings is 1. The number of likely N-dealkylation sites (tertiary alicyclic amines) is 1. The normalized spacial score (nSPS) is 16.5. The molecule has 6 heteroatoms. The Morgan fingerprint density at radius 2 is 2.04 bits per heavy atom. The maximum Gasteiger partial charge on any atom is 0.191 e. The molecule has 0 aliphatic carbocycles. The molecule has 4 nitrogen and oxygen atoms in total. The number of aliphatic imine (C=N–C) groups is 1. The summed E-state index contributed by atoms with van der Waals surface area (Å²) in [6, 6.07) is 4.39. The van der Waals surface area contributed by atoms with Gasteiger partial charge in [0.05, 0.1) is 0 Å². The maximum absolute atomic E-state index is 4.81. The van der Waals surface area contributed by atoms with Crippen molar-refractivity contribution in [2.45, 2.75) is 52.5 Å². The van der Waals surface area contributed by atoms with E-state index in [1.807, 2.05) is 11.3 Å². The highest BCUT2D eigenvalue weighted by Crippen LogP contribution is 2.20. The van der Waals surface area contributed by atoms with Crippen molar-refractivity contribution < 1.29 is 0 Å². The largest absolute Gasteiger partial charge is 0.357 e. The molecule has 0 bridgehead atoms. The predicted octanol–water partition coefficient (Wildman–Crippen LogP) is 4.32. The standard InChI is InChI=1S/C19H34N4S.HI/c1-3-5-6-11-21-19(20-4-2)22-15-17-9-12-23(13-10-17)16-18-8-7-14-24-18;/h7-8,14,17H,3-6,9-13,15-16H2,1-2H3,(H2,20,21,22);1H. The van der Waals surface area contributed by atoms with Gasteiger partial charge in [0.15, 0.2) is 5.96 Å². The van der Waals surface area contributed by atoms with Crippen molar-refractivity contribution in [2.24, 2.45) is 10.9 Å². The first-order valence-electron chi connectivity index (χ1n) is 9.58. The van der Waals surface area contributed by atoms with Crippen LogP contribution in [-0.2, 0) is 6.54 Å². The molecular weight excluding hydrogens is 443 g/mol. The Morgan fingerprint density at radius 3 is 2.68 bits per heavy atom. The summed E-state index contributed by atoms with van der Waals surface area (Å²) in [4.78, 5) is 8.88. The van der Waals surface area contributed by atoms with E-state index in [9.17, 15) is 0 Å².